The molecule has 5 nitrogen and oxygen atoms in total. The van der Waals surface area contributed by atoms with Crippen LogP contribution in [-0.2, 0) is 11.3 Å². The molecule has 0 radical (unpaired) electrons. The molecule has 1 atom stereocenters. The van der Waals surface area contributed by atoms with E-state index in [4.69, 9.17) is 9.47 Å². The number of methoxy groups -OCH3 is 1. The fourth-order valence-corrected chi connectivity index (χ4v) is 3.78. The summed E-state index contributed by atoms with van der Waals surface area (Å²) in [5, 5.41) is 2.42. The lowest BCUT2D eigenvalue weighted by Gasteiger charge is -2.33. The van der Waals surface area contributed by atoms with Crippen molar-refractivity contribution in [2.24, 2.45) is 0 Å². The molecule has 0 aliphatic carbocycles. The number of ether oxygens (including phenoxy) is 2. The number of aryl methyl sites for hydroxylation is 2. The highest BCUT2D eigenvalue weighted by Crippen LogP contribution is 2.27. The van der Waals surface area contributed by atoms with Gasteiger partial charge in [-0.1, -0.05) is 18.2 Å². The van der Waals surface area contributed by atoms with Crippen molar-refractivity contribution in [1.29, 1.82) is 0 Å². The van der Waals surface area contributed by atoms with E-state index in [-0.39, 0.29) is 6.10 Å². The summed E-state index contributed by atoms with van der Waals surface area (Å²) < 4.78 is 13.6. The normalized spacial score (nSPS) is 18.1. The lowest BCUT2D eigenvalue weighted by atomic mass is 10.0. The van der Waals surface area contributed by atoms with Crippen molar-refractivity contribution in [3.8, 4) is 5.75 Å². The molecule has 1 aliphatic heterocycles. The van der Waals surface area contributed by atoms with Crippen LogP contribution in [-0.4, -0.2) is 47.8 Å². The molecule has 0 amide bonds. The van der Waals surface area contributed by atoms with E-state index in [1.165, 1.54) is 16.3 Å². The van der Waals surface area contributed by atoms with Crippen LogP contribution in [0.3, 0.4) is 0 Å². The predicted molar refractivity (Wildman–Crippen MR) is 107 cm³/mol. The quantitative estimate of drug-likeness (QED) is 0.666. The molecule has 2 aromatic carbocycles. The van der Waals surface area contributed by atoms with Crippen molar-refractivity contribution >= 4 is 10.8 Å². The van der Waals surface area contributed by atoms with Crippen LogP contribution in [0.1, 0.15) is 23.9 Å². The summed E-state index contributed by atoms with van der Waals surface area (Å²) in [6.07, 6.45) is 5.19. The van der Waals surface area contributed by atoms with Crippen LogP contribution in [0.5, 0.6) is 5.75 Å². The SMILES string of the molecule is COc1ccc2cc([C@H]3CN(CCCn4ccnc4C)CCO3)ccc2c1. The first-order chi connectivity index (χ1) is 13.2. The maximum Gasteiger partial charge on any atom is 0.119 e. The zero-order valence-corrected chi connectivity index (χ0v) is 16.1. The van der Waals surface area contributed by atoms with Gasteiger partial charge in [-0.2, -0.15) is 0 Å². The zero-order valence-electron chi connectivity index (χ0n) is 16.1. The van der Waals surface area contributed by atoms with Crippen molar-refractivity contribution in [3.63, 3.8) is 0 Å². The van der Waals surface area contributed by atoms with Gasteiger partial charge >= 0.3 is 0 Å². The van der Waals surface area contributed by atoms with Crippen LogP contribution in [0, 0.1) is 6.92 Å². The van der Waals surface area contributed by atoms with E-state index in [1.807, 2.05) is 12.3 Å². The number of benzene rings is 2. The Bertz CT molecular complexity index is 905. The van der Waals surface area contributed by atoms with E-state index in [2.05, 4.69) is 57.9 Å². The van der Waals surface area contributed by atoms with Crippen molar-refractivity contribution < 1.29 is 9.47 Å². The molecular formula is C22H27N3O2. The van der Waals surface area contributed by atoms with Gasteiger partial charge in [-0.25, -0.2) is 4.98 Å². The lowest BCUT2D eigenvalue weighted by molar-refractivity contribution is -0.0304. The number of hydrogen-bond donors (Lipinski definition) is 0. The number of fused-ring (bicyclic) bond motifs is 1. The molecule has 1 aromatic heterocycles. The van der Waals surface area contributed by atoms with Gasteiger partial charge in [0.1, 0.15) is 11.6 Å². The Hall–Kier alpha value is -2.37. The molecule has 0 spiro atoms. The molecule has 5 heteroatoms. The number of morpholine rings is 1. The number of nitrogens with zero attached hydrogens (tertiary/aromatic N) is 3. The number of aromatic nitrogens is 2. The van der Waals surface area contributed by atoms with Crippen molar-refractivity contribution in [3.05, 3.63) is 60.2 Å². The molecule has 27 heavy (non-hydrogen) atoms. The van der Waals surface area contributed by atoms with Gasteiger partial charge in [0.15, 0.2) is 0 Å². The second-order valence-electron chi connectivity index (χ2n) is 7.15. The van der Waals surface area contributed by atoms with Crippen LogP contribution in [0.25, 0.3) is 10.8 Å². The topological polar surface area (TPSA) is 39.5 Å². The minimum absolute atomic E-state index is 0.139. The van der Waals surface area contributed by atoms with E-state index < -0.39 is 0 Å². The van der Waals surface area contributed by atoms with Gasteiger partial charge in [0, 0.05) is 38.6 Å². The largest absolute Gasteiger partial charge is 0.497 e. The van der Waals surface area contributed by atoms with Gasteiger partial charge in [0.05, 0.1) is 19.8 Å². The summed E-state index contributed by atoms with van der Waals surface area (Å²) in [5.74, 6) is 1.98. The summed E-state index contributed by atoms with van der Waals surface area (Å²) in [4.78, 5) is 6.80. The van der Waals surface area contributed by atoms with Crippen LogP contribution in [0.4, 0.5) is 0 Å². The van der Waals surface area contributed by atoms with Crippen molar-refractivity contribution in [1.82, 2.24) is 14.5 Å². The van der Waals surface area contributed by atoms with E-state index in [1.54, 1.807) is 7.11 Å². The highest BCUT2D eigenvalue weighted by atomic mass is 16.5. The maximum atomic E-state index is 6.08. The van der Waals surface area contributed by atoms with Crippen molar-refractivity contribution in [2.45, 2.75) is 26.0 Å². The molecule has 1 saturated heterocycles. The van der Waals surface area contributed by atoms with Gasteiger partial charge in [-0.15, -0.1) is 0 Å². The standard InChI is InChI=1S/C22H27N3O2/c1-17-23-8-11-25(17)10-3-9-24-12-13-27-22(16-24)20-5-4-19-15-21(26-2)7-6-18(19)14-20/h4-8,11,14-15,22H,3,9-10,12-13,16H2,1-2H3/t22-/m1/s1. The summed E-state index contributed by atoms with van der Waals surface area (Å²) >= 11 is 0. The molecule has 142 valence electrons. The Kier molecular flexibility index (Phi) is 5.41. The number of rotatable bonds is 6. The first-order valence-corrected chi connectivity index (χ1v) is 9.62. The van der Waals surface area contributed by atoms with Gasteiger partial charge in [-0.05, 0) is 47.9 Å². The average molecular weight is 365 g/mol. The molecule has 4 rings (SSSR count). The third kappa shape index (κ3) is 4.15. The Morgan fingerprint density at radius 1 is 1.15 bits per heavy atom. The molecule has 0 saturated carbocycles. The van der Waals surface area contributed by atoms with E-state index in [0.717, 1.165) is 50.8 Å². The fraction of sp³-hybridized carbons (Fsp3) is 0.409. The van der Waals surface area contributed by atoms with Gasteiger partial charge in [0.25, 0.3) is 0 Å². The maximum absolute atomic E-state index is 6.08. The molecule has 3 aromatic rings. The van der Waals surface area contributed by atoms with Gasteiger partial charge < -0.3 is 14.0 Å². The molecule has 1 fully saturated rings. The summed E-state index contributed by atoms with van der Waals surface area (Å²) in [6.45, 7) is 6.90. The Morgan fingerprint density at radius 3 is 2.81 bits per heavy atom. The summed E-state index contributed by atoms with van der Waals surface area (Å²) in [5.41, 5.74) is 1.25. The van der Waals surface area contributed by atoms with Gasteiger partial charge in [0.2, 0.25) is 0 Å². The predicted octanol–water partition coefficient (Wildman–Crippen LogP) is 3.82. The second kappa shape index (κ2) is 8.11. The Balaban J connectivity index is 1.38. The first kappa shape index (κ1) is 18.0. The number of imidazole rings is 1. The third-order valence-electron chi connectivity index (χ3n) is 5.39. The molecular weight excluding hydrogens is 338 g/mol. The fourth-order valence-electron chi connectivity index (χ4n) is 3.78. The lowest BCUT2D eigenvalue weighted by Crippen LogP contribution is -2.39. The monoisotopic (exact) mass is 365 g/mol. The van der Waals surface area contributed by atoms with Crippen LogP contribution in [0.15, 0.2) is 48.8 Å². The van der Waals surface area contributed by atoms with Crippen LogP contribution >= 0.6 is 0 Å². The molecule has 0 N–H and O–H groups in total. The zero-order chi connectivity index (χ0) is 18.6. The average Bonchev–Trinajstić information content (AvgIpc) is 3.12. The minimum atomic E-state index is 0.139. The van der Waals surface area contributed by atoms with E-state index in [9.17, 15) is 0 Å². The van der Waals surface area contributed by atoms with Crippen molar-refractivity contribution in [2.75, 3.05) is 33.4 Å². The highest BCUT2D eigenvalue weighted by molar-refractivity contribution is 5.84. The van der Waals surface area contributed by atoms with E-state index >= 15 is 0 Å². The summed E-state index contributed by atoms with van der Waals surface area (Å²) in [6, 6.07) is 12.8. The Labute approximate surface area is 160 Å². The van der Waals surface area contributed by atoms with Gasteiger partial charge in [-0.3, -0.25) is 4.90 Å². The number of hydrogen-bond acceptors (Lipinski definition) is 4. The van der Waals surface area contributed by atoms with E-state index in [0.29, 0.717) is 0 Å². The summed E-state index contributed by atoms with van der Waals surface area (Å²) in [7, 11) is 1.70. The third-order valence-corrected chi connectivity index (χ3v) is 5.39. The van der Waals surface area contributed by atoms with Crippen LogP contribution in [0.2, 0.25) is 0 Å². The second-order valence-corrected chi connectivity index (χ2v) is 7.15. The molecule has 0 bridgehead atoms. The first-order valence-electron chi connectivity index (χ1n) is 9.62. The molecule has 0 unspecified atom stereocenters. The Morgan fingerprint density at radius 2 is 2.00 bits per heavy atom. The molecule has 1 aliphatic rings. The smallest absolute Gasteiger partial charge is 0.119 e. The molecule has 2 heterocycles. The highest BCUT2D eigenvalue weighted by Gasteiger charge is 2.22. The van der Waals surface area contributed by atoms with Crippen LogP contribution < -0.4 is 4.74 Å². The minimum Gasteiger partial charge on any atom is -0.497 e.